The van der Waals surface area contributed by atoms with Crippen LogP contribution >= 0.6 is 0 Å². The molecule has 0 unspecified atom stereocenters. The predicted molar refractivity (Wildman–Crippen MR) is 182 cm³/mol. The first-order valence-corrected chi connectivity index (χ1v) is 15.1. The molecule has 8 heteroatoms. The minimum atomic E-state index is 0.435. The maximum Gasteiger partial charge on any atom is 0.242 e. The molecule has 0 aliphatic heterocycles. The highest BCUT2D eigenvalue weighted by atomic mass is 15.3. The standard InChI is InChI=1S/C38H22N8/c1-3-16-30-25(11-1)26-12-2-4-17-31(26)45(30)37-42-34(29-13-5-9-23-18-19-24-10-6-20-39-33(24)32(23)29)43-38(44-37)46-35-27(14-7-21-40-35)28-15-8-22-41-36(28)46/h1-22H. The van der Waals surface area contributed by atoms with Crippen molar-refractivity contribution in [1.82, 2.24) is 39.0 Å². The summed E-state index contributed by atoms with van der Waals surface area (Å²) in [5, 5.41) is 7.31. The molecule has 214 valence electrons. The number of hydrogen-bond donors (Lipinski definition) is 0. The summed E-state index contributed by atoms with van der Waals surface area (Å²) in [6, 6.07) is 39.2. The molecule has 4 aromatic carbocycles. The molecule has 8 nitrogen and oxygen atoms in total. The Balaban J connectivity index is 1.37. The van der Waals surface area contributed by atoms with Crippen LogP contribution < -0.4 is 0 Å². The summed E-state index contributed by atoms with van der Waals surface area (Å²) in [4.78, 5) is 30.0. The van der Waals surface area contributed by atoms with Gasteiger partial charge in [0.05, 0.1) is 16.6 Å². The zero-order valence-electron chi connectivity index (χ0n) is 24.3. The molecule has 0 aliphatic rings. The molecular formula is C38H22N8. The fraction of sp³-hybridized carbons (Fsp3) is 0. The minimum Gasteiger partial charge on any atom is -0.278 e. The lowest BCUT2D eigenvalue weighted by Gasteiger charge is -2.13. The SMILES string of the molecule is c1cnc2c(c1)ccc1cccc(-c3nc(-n4c5ccccc5c5ccccc54)nc(-n4c5ncccc5c5cccnc54)n3)c12. The summed E-state index contributed by atoms with van der Waals surface area (Å²) in [7, 11) is 0. The van der Waals surface area contributed by atoms with Crippen LogP contribution in [0.1, 0.15) is 0 Å². The molecule has 0 aliphatic carbocycles. The fourth-order valence-electron chi connectivity index (χ4n) is 6.77. The van der Waals surface area contributed by atoms with E-state index in [-0.39, 0.29) is 0 Å². The van der Waals surface area contributed by atoms with Crippen molar-refractivity contribution in [3.05, 3.63) is 134 Å². The molecule has 0 radical (unpaired) electrons. The van der Waals surface area contributed by atoms with Crippen LogP contribution in [0, 0.1) is 0 Å². The van der Waals surface area contributed by atoms with Crippen LogP contribution in [0.25, 0.3) is 88.8 Å². The number of benzene rings is 4. The van der Waals surface area contributed by atoms with E-state index < -0.39 is 0 Å². The summed E-state index contributed by atoms with van der Waals surface area (Å²) < 4.78 is 4.06. The Hall–Kier alpha value is -6.54. The van der Waals surface area contributed by atoms with E-state index in [4.69, 9.17) is 29.9 Å². The highest BCUT2D eigenvalue weighted by Crippen LogP contribution is 2.36. The van der Waals surface area contributed by atoms with Gasteiger partial charge >= 0.3 is 0 Å². The number of para-hydroxylation sites is 2. The maximum atomic E-state index is 5.23. The molecule has 6 aromatic heterocycles. The molecule has 46 heavy (non-hydrogen) atoms. The monoisotopic (exact) mass is 590 g/mol. The van der Waals surface area contributed by atoms with Gasteiger partial charge in [0.15, 0.2) is 5.82 Å². The minimum absolute atomic E-state index is 0.435. The third-order valence-electron chi connectivity index (χ3n) is 8.73. The van der Waals surface area contributed by atoms with Crippen LogP contribution in [0.2, 0.25) is 0 Å². The maximum absolute atomic E-state index is 5.23. The highest BCUT2D eigenvalue weighted by molar-refractivity contribution is 6.12. The third-order valence-corrected chi connectivity index (χ3v) is 8.73. The van der Waals surface area contributed by atoms with Crippen molar-refractivity contribution in [2.24, 2.45) is 0 Å². The highest BCUT2D eigenvalue weighted by Gasteiger charge is 2.22. The van der Waals surface area contributed by atoms with Crippen LogP contribution in [-0.4, -0.2) is 39.0 Å². The van der Waals surface area contributed by atoms with E-state index >= 15 is 0 Å². The van der Waals surface area contributed by atoms with Gasteiger partial charge < -0.3 is 0 Å². The third kappa shape index (κ3) is 3.49. The zero-order chi connectivity index (χ0) is 30.2. The lowest BCUT2D eigenvalue weighted by atomic mass is 10.0. The second kappa shape index (κ2) is 9.48. The molecule has 0 atom stereocenters. The number of pyridine rings is 3. The van der Waals surface area contributed by atoms with Gasteiger partial charge in [-0.05, 0) is 47.9 Å². The number of nitrogens with zero attached hydrogens (tertiary/aromatic N) is 8. The quantitative estimate of drug-likeness (QED) is 0.193. The van der Waals surface area contributed by atoms with Crippen LogP contribution in [0.15, 0.2) is 134 Å². The van der Waals surface area contributed by atoms with E-state index in [2.05, 4.69) is 83.4 Å². The molecule has 10 aromatic rings. The van der Waals surface area contributed by atoms with E-state index in [1.54, 1.807) is 12.4 Å². The lowest BCUT2D eigenvalue weighted by Crippen LogP contribution is -2.11. The normalized spacial score (nSPS) is 11.9. The van der Waals surface area contributed by atoms with Crippen molar-refractivity contribution < 1.29 is 0 Å². The Morgan fingerprint density at radius 2 is 0.978 bits per heavy atom. The van der Waals surface area contributed by atoms with E-state index in [0.717, 1.165) is 71.1 Å². The van der Waals surface area contributed by atoms with Crippen molar-refractivity contribution in [2.75, 3.05) is 0 Å². The fourth-order valence-corrected chi connectivity index (χ4v) is 6.77. The smallest absolute Gasteiger partial charge is 0.242 e. The Morgan fingerprint density at radius 3 is 1.70 bits per heavy atom. The number of rotatable bonds is 3. The molecule has 6 heterocycles. The first-order chi connectivity index (χ1) is 22.8. The van der Waals surface area contributed by atoms with Gasteiger partial charge in [0.25, 0.3) is 0 Å². The van der Waals surface area contributed by atoms with Crippen LogP contribution in [-0.2, 0) is 0 Å². The van der Waals surface area contributed by atoms with Gasteiger partial charge in [-0.2, -0.15) is 15.0 Å². The average molecular weight is 591 g/mol. The molecule has 0 spiro atoms. The summed E-state index contributed by atoms with van der Waals surface area (Å²) >= 11 is 0. The number of fused-ring (bicyclic) bond motifs is 9. The van der Waals surface area contributed by atoms with Crippen molar-refractivity contribution >= 4 is 65.5 Å². The molecule has 10 rings (SSSR count). The van der Waals surface area contributed by atoms with Crippen LogP contribution in [0.3, 0.4) is 0 Å². The summed E-state index contributed by atoms with van der Waals surface area (Å²) in [5.41, 5.74) is 5.24. The predicted octanol–water partition coefficient (Wildman–Crippen LogP) is 8.22. The average Bonchev–Trinajstić information content (AvgIpc) is 3.64. The number of aromatic nitrogens is 8. The molecule has 0 amide bonds. The Morgan fingerprint density at radius 1 is 0.413 bits per heavy atom. The number of hydrogen-bond acceptors (Lipinski definition) is 6. The van der Waals surface area contributed by atoms with Crippen molar-refractivity contribution in [3.8, 4) is 23.3 Å². The van der Waals surface area contributed by atoms with Gasteiger partial charge in [-0.15, -0.1) is 0 Å². The van der Waals surface area contributed by atoms with E-state index in [9.17, 15) is 0 Å². The van der Waals surface area contributed by atoms with Gasteiger partial charge in [-0.3, -0.25) is 9.55 Å². The largest absolute Gasteiger partial charge is 0.278 e. The lowest BCUT2D eigenvalue weighted by molar-refractivity contribution is 0.884. The first-order valence-electron chi connectivity index (χ1n) is 15.1. The Bertz CT molecular complexity index is 2590. The van der Waals surface area contributed by atoms with Crippen molar-refractivity contribution in [2.45, 2.75) is 0 Å². The van der Waals surface area contributed by atoms with Gasteiger partial charge in [0.2, 0.25) is 11.9 Å². The summed E-state index contributed by atoms with van der Waals surface area (Å²) in [6.07, 6.45) is 5.41. The van der Waals surface area contributed by atoms with E-state index in [0.29, 0.717) is 17.7 Å². The molecule has 0 N–H and O–H groups in total. The Labute approximate surface area is 261 Å². The molecule has 0 saturated heterocycles. The van der Waals surface area contributed by atoms with Crippen molar-refractivity contribution in [3.63, 3.8) is 0 Å². The van der Waals surface area contributed by atoms with Crippen LogP contribution in [0.4, 0.5) is 0 Å². The van der Waals surface area contributed by atoms with Gasteiger partial charge in [0.1, 0.15) is 11.3 Å². The van der Waals surface area contributed by atoms with E-state index in [1.807, 2.05) is 47.2 Å². The second-order valence-corrected chi connectivity index (χ2v) is 11.3. The summed E-state index contributed by atoms with van der Waals surface area (Å²) in [6.45, 7) is 0. The Kier molecular flexibility index (Phi) is 5.12. The summed E-state index contributed by atoms with van der Waals surface area (Å²) in [5.74, 6) is 1.47. The second-order valence-electron chi connectivity index (χ2n) is 11.3. The molecule has 0 bridgehead atoms. The van der Waals surface area contributed by atoms with E-state index in [1.165, 1.54) is 0 Å². The van der Waals surface area contributed by atoms with Gasteiger partial charge in [-0.1, -0.05) is 72.8 Å². The molecular weight excluding hydrogens is 568 g/mol. The molecule has 0 saturated carbocycles. The zero-order valence-corrected chi connectivity index (χ0v) is 24.3. The molecule has 0 fully saturated rings. The first kappa shape index (κ1) is 24.9. The van der Waals surface area contributed by atoms with Gasteiger partial charge in [-0.25, -0.2) is 14.5 Å². The van der Waals surface area contributed by atoms with Crippen LogP contribution in [0.5, 0.6) is 0 Å². The van der Waals surface area contributed by atoms with Gasteiger partial charge in [0, 0.05) is 56.5 Å². The van der Waals surface area contributed by atoms with Crippen molar-refractivity contribution in [1.29, 1.82) is 0 Å². The topological polar surface area (TPSA) is 87.2 Å².